The van der Waals surface area contributed by atoms with E-state index < -0.39 is 31.1 Å². The number of hydrogen-bond donors (Lipinski definition) is 5. The summed E-state index contributed by atoms with van der Waals surface area (Å²) in [5.41, 5.74) is 2.54. The molecule has 2 aliphatic rings. The van der Waals surface area contributed by atoms with E-state index >= 15 is 0 Å². The number of carbonyl (C=O) groups excluding carboxylic acids is 1. The summed E-state index contributed by atoms with van der Waals surface area (Å²) in [5, 5.41) is 41.0. The number of nitrogens with zero attached hydrogens (tertiary/aromatic N) is 6. The number of fused-ring (bicyclic) bond motifs is 1. The number of hydrogen-bond acceptors (Lipinski definition) is 11. The Hall–Kier alpha value is -3.95. The zero-order chi connectivity index (χ0) is 26.9. The molecule has 3 aromatic heterocycles. The molecule has 0 unspecified atom stereocenters. The van der Waals surface area contributed by atoms with Crippen LogP contribution < -0.4 is 10.2 Å². The summed E-state index contributed by atoms with van der Waals surface area (Å²) < 4.78 is 12.7. The Morgan fingerprint density at radius 1 is 1.21 bits per heavy atom. The van der Waals surface area contributed by atoms with Gasteiger partial charge >= 0.3 is 0 Å². The van der Waals surface area contributed by atoms with Gasteiger partial charge in [0.15, 0.2) is 29.0 Å². The lowest BCUT2D eigenvalue weighted by Crippen LogP contribution is -2.33. The van der Waals surface area contributed by atoms with Gasteiger partial charge in [0.1, 0.15) is 24.0 Å². The van der Waals surface area contributed by atoms with Crippen LogP contribution in [0, 0.1) is 0 Å². The molecular weight excluding hydrogens is 508 g/mol. The first-order chi connectivity index (χ1) is 19.1. The number of amides is 1. The van der Waals surface area contributed by atoms with Crippen LogP contribution in [0.4, 0.5) is 11.5 Å². The van der Waals surface area contributed by atoms with Crippen LogP contribution in [-0.2, 0) is 20.8 Å². The molecule has 0 saturated carbocycles. The van der Waals surface area contributed by atoms with Crippen molar-refractivity contribution in [3.63, 3.8) is 0 Å². The Kier molecular flexibility index (Phi) is 6.93. The molecule has 0 radical (unpaired) electrons. The minimum Gasteiger partial charge on any atom is -0.394 e. The highest BCUT2D eigenvalue weighted by molar-refractivity contribution is 5.88. The van der Waals surface area contributed by atoms with Crippen LogP contribution in [0.1, 0.15) is 18.2 Å². The monoisotopic (exact) mass is 536 g/mol. The van der Waals surface area contributed by atoms with Crippen LogP contribution in [0.25, 0.3) is 22.7 Å². The molecule has 0 aliphatic carbocycles. The molecule has 5 atom stereocenters. The summed E-state index contributed by atoms with van der Waals surface area (Å²) >= 11 is 0. The molecule has 1 aromatic carbocycles. The molecule has 4 aromatic rings. The second-order valence-corrected chi connectivity index (χ2v) is 9.50. The van der Waals surface area contributed by atoms with E-state index in [0.29, 0.717) is 48.1 Å². The first kappa shape index (κ1) is 25.3. The number of imidazole rings is 1. The summed E-state index contributed by atoms with van der Waals surface area (Å²) in [7, 11) is 0. The number of aromatic nitrogens is 6. The summed E-state index contributed by atoms with van der Waals surface area (Å²) in [6.45, 7) is 0.969. The Labute approximate surface area is 222 Å². The minimum absolute atomic E-state index is 0.000744. The smallest absolute Gasteiger partial charge is 0.214 e. The summed E-state index contributed by atoms with van der Waals surface area (Å²) in [4.78, 5) is 27.6. The number of carbonyl (C=O) groups is 1. The highest BCUT2D eigenvalue weighted by Crippen LogP contribution is 2.35. The fraction of sp³-hybridized carbons (Fsp3) is 0.400. The molecule has 5 N–H and O–H groups in total. The van der Waals surface area contributed by atoms with Gasteiger partial charge < -0.3 is 35.0 Å². The molecule has 0 spiro atoms. The molecule has 0 bridgehead atoms. The van der Waals surface area contributed by atoms with Gasteiger partial charge in [-0.2, -0.15) is 5.10 Å². The molecular formula is C25H28N8O6. The van der Waals surface area contributed by atoms with Crippen LogP contribution in [-0.4, -0.2) is 95.6 Å². The summed E-state index contributed by atoms with van der Waals surface area (Å²) in [5.74, 6) is 0.655. The van der Waals surface area contributed by atoms with E-state index in [1.807, 2.05) is 30.3 Å². The molecule has 14 heteroatoms. The van der Waals surface area contributed by atoms with Crippen molar-refractivity contribution >= 4 is 29.1 Å². The van der Waals surface area contributed by atoms with E-state index in [4.69, 9.17) is 19.4 Å². The zero-order valence-corrected chi connectivity index (χ0v) is 20.8. The van der Waals surface area contributed by atoms with Gasteiger partial charge in [-0.25, -0.2) is 15.0 Å². The Morgan fingerprint density at radius 3 is 2.77 bits per heavy atom. The maximum Gasteiger partial charge on any atom is 0.214 e. The molecule has 2 aliphatic heterocycles. The number of rotatable bonds is 9. The largest absolute Gasteiger partial charge is 0.394 e. The fourth-order valence-corrected chi connectivity index (χ4v) is 4.89. The first-order valence-corrected chi connectivity index (χ1v) is 12.6. The number of nitrogens with one attached hydrogen (secondary N) is 2. The minimum atomic E-state index is -1.32. The first-order valence-electron chi connectivity index (χ1n) is 12.6. The second-order valence-electron chi connectivity index (χ2n) is 9.50. The predicted octanol–water partition coefficient (Wildman–Crippen LogP) is 0.192. The molecule has 1 amide bonds. The number of anilines is 2. The SMILES string of the molecule is O=CN(Cc1ccccc1)c1cn[nH]c1-c1nc(N[C@@H]2CCOC2)c2ncn([C@@H]3O[C@H](CO)[C@@H](O)[C@H]3O)c2n1. The zero-order valence-electron chi connectivity index (χ0n) is 20.8. The average molecular weight is 537 g/mol. The third-order valence-corrected chi connectivity index (χ3v) is 6.96. The van der Waals surface area contributed by atoms with Gasteiger partial charge in [0.05, 0.1) is 44.0 Å². The topological polar surface area (TPSA) is 184 Å². The summed E-state index contributed by atoms with van der Waals surface area (Å²) in [6.07, 6.45) is -0.141. The lowest BCUT2D eigenvalue weighted by Gasteiger charge is -2.19. The van der Waals surface area contributed by atoms with Crippen molar-refractivity contribution in [2.75, 3.05) is 30.0 Å². The molecule has 204 valence electrons. The highest BCUT2D eigenvalue weighted by Gasteiger charge is 2.44. The van der Waals surface area contributed by atoms with E-state index in [0.717, 1.165) is 18.4 Å². The molecule has 2 saturated heterocycles. The highest BCUT2D eigenvalue weighted by atomic mass is 16.6. The standard InChI is InChI=1S/C25H28N8O6/c34-10-17-20(36)21(37)25(39-17)33-12-26-19-23(28-15-6-7-38-11-15)29-22(30-24(19)33)18-16(8-27-31-18)32(13-35)9-14-4-2-1-3-5-14/h1-5,8,12-13,15,17,20-21,25,34,36-37H,6-7,9-11H2,(H,27,31)(H,28,29,30)/t15-,17-,20-,21-,25-/m1/s1. The number of aliphatic hydroxyl groups excluding tert-OH is 3. The number of H-pyrrole nitrogens is 1. The van der Waals surface area contributed by atoms with Gasteiger partial charge in [-0.1, -0.05) is 30.3 Å². The van der Waals surface area contributed by atoms with Gasteiger partial charge in [-0.15, -0.1) is 0 Å². The van der Waals surface area contributed by atoms with E-state index in [2.05, 4.69) is 20.5 Å². The predicted molar refractivity (Wildman–Crippen MR) is 137 cm³/mol. The van der Waals surface area contributed by atoms with Crippen LogP contribution in [0.2, 0.25) is 0 Å². The molecule has 2 fully saturated rings. The van der Waals surface area contributed by atoms with E-state index in [1.165, 1.54) is 22.0 Å². The normalized spacial score (nSPS) is 24.8. The quantitative estimate of drug-likeness (QED) is 0.184. The van der Waals surface area contributed by atoms with Crippen molar-refractivity contribution < 1.29 is 29.6 Å². The Balaban J connectivity index is 1.43. The molecule has 39 heavy (non-hydrogen) atoms. The van der Waals surface area contributed by atoms with Crippen molar-refractivity contribution in [3.05, 3.63) is 48.4 Å². The van der Waals surface area contributed by atoms with Gasteiger partial charge in [0, 0.05) is 6.61 Å². The van der Waals surface area contributed by atoms with Gasteiger partial charge in [-0.05, 0) is 12.0 Å². The van der Waals surface area contributed by atoms with Crippen molar-refractivity contribution in [2.45, 2.75) is 43.5 Å². The lowest BCUT2D eigenvalue weighted by atomic mass is 10.1. The average Bonchev–Trinajstić information content (AvgIpc) is 3.76. The molecule has 14 nitrogen and oxygen atoms in total. The van der Waals surface area contributed by atoms with E-state index in [1.54, 1.807) is 0 Å². The maximum atomic E-state index is 12.1. The molecule has 5 heterocycles. The van der Waals surface area contributed by atoms with Gasteiger partial charge in [-0.3, -0.25) is 14.5 Å². The third-order valence-electron chi connectivity index (χ3n) is 6.96. The van der Waals surface area contributed by atoms with Crippen LogP contribution in [0.15, 0.2) is 42.9 Å². The number of benzene rings is 1. The van der Waals surface area contributed by atoms with Crippen LogP contribution in [0.5, 0.6) is 0 Å². The van der Waals surface area contributed by atoms with Crippen molar-refractivity contribution in [1.82, 2.24) is 29.7 Å². The second kappa shape index (κ2) is 10.7. The number of aliphatic hydroxyl groups is 3. The maximum absolute atomic E-state index is 12.1. The van der Waals surface area contributed by atoms with Gasteiger partial charge in [0.25, 0.3) is 0 Å². The van der Waals surface area contributed by atoms with Crippen LogP contribution in [0.3, 0.4) is 0 Å². The fourth-order valence-electron chi connectivity index (χ4n) is 4.89. The van der Waals surface area contributed by atoms with E-state index in [9.17, 15) is 20.1 Å². The number of ether oxygens (including phenoxy) is 2. The third kappa shape index (κ3) is 4.72. The van der Waals surface area contributed by atoms with Crippen molar-refractivity contribution in [1.29, 1.82) is 0 Å². The summed E-state index contributed by atoms with van der Waals surface area (Å²) in [6, 6.07) is 9.54. The van der Waals surface area contributed by atoms with Crippen LogP contribution >= 0.6 is 0 Å². The Bertz CT molecular complexity index is 1440. The van der Waals surface area contributed by atoms with Gasteiger partial charge in [0.2, 0.25) is 6.41 Å². The number of aromatic amines is 1. The Morgan fingerprint density at radius 2 is 2.05 bits per heavy atom. The molecule has 6 rings (SSSR count). The van der Waals surface area contributed by atoms with Crippen molar-refractivity contribution in [2.24, 2.45) is 0 Å². The lowest BCUT2D eigenvalue weighted by molar-refractivity contribution is -0.107. The van der Waals surface area contributed by atoms with Crippen molar-refractivity contribution in [3.8, 4) is 11.5 Å². The van der Waals surface area contributed by atoms with E-state index in [-0.39, 0.29) is 11.9 Å².